The van der Waals surface area contributed by atoms with E-state index in [0.29, 0.717) is 0 Å². The highest BCUT2D eigenvalue weighted by Crippen LogP contribution is 2.46. The van der Waals surface area contributed by atoms with E-state index in [2.05, 4.69) is 59.5 Å². The molecule has 27 heavy (non-hydrogen) atoms. The average molecular weight is 363 g/mol. The molecule has 1 unspecified atom stereocenters. The van der Waals surface area contributed by atoms with Crippen LogP contribution in [-0.2, 0) is 10.2 Å². The third-order valence-corrected chi connectivity index (χ3v) is 6.54. The van der Waals surface area contributed by atoms with E-state index in [9.17, 15) is 4.79 Å². The minimum absolute atomic E-state index is 0.109. The lowest BCUT2D eigenvalue weighted by molar-refractivity contribution is -0.142. The Morgan fingerprint density at radius 1 is 0.963 bits per heavy atom. The summed E-state index contributed by atoms with van der Waals surface area (Å²) in [5.74, 6) is 0.285. The van der Waals surface area contributed by atoms with Crippen LogP contribution in [0.5, 0.6) is 0 Å². The third-order valence-electron chi connectivity index (χ3n) is 6.54. The van der Waals surface area contributed by atoms with E-state index in [4.69, 9.17) is 0 Å². The second-order valence-electron chi connectivity index (χ2n) is 8.15. The Morgan fingerprint density at radius 3 is 2.11 bits per heavy atom. The molecule has 1 aliphatic carbocycles. The summed E-state index contributed by atoms with van der Waals surface area (Å²) in [5, 5.41) is 0. The summed E-state index contributed by atoms with van der Waals surface area (Å²) in [6.45, 7) is 3.22. The second-order valence-corrected chi connectivity index (χ2v) is 8.15. The first kappa shape index (κ1) is 18.2. The van der Waals surface area contributed by atoms with Gasteiger partial charge in [-0.2, -0.15) is 0 Å². The van der Waals surface area contributed by atoms with Gasteiger partial charge in [0.25, 0.3) is 0 Å². The van der Waals surface area contributed by atoms with Crippen LogP contribution in [0.2, 0.25) is 0 Å². The van der Waals surface area contributed by atoms with Gasteiger partial charge in [0, 0.05) is 13.6 Å². The number of hydrogen-bond donors (Lipinski definition) is 0. The van der Waals surface area contributed by atoms with Crippen LogP contribution in [0.3, 0.4) is 0 Å². The zero-order chi connectivity index (χ0) is 18.7. The monoisotopic (exact) mass is 362 g/mol. The maximum Gasteiger partial charge on any atom is 0.233 e. The molecule has 1 aliphatic heterocycles. The Bertz CT molecular complexity index is 748. The molecule has 3 nitrogen and oxygen atoms in total. The van der Waals surface area contributed by atoms with Crippen molar-refractivity contribution in [1.29, 1.82) is 0 Å². The highest BCUT2D eigenvalue weighted by molar-refractivity contribution is 5.89. The van der Waals surface area contributed by atoms with Crippen LogP contribution in [0, 0.1) is 0 Å². The Balaban J connectivity index is 1.62. The molecule has 2 aliphatic rings. The maximum atomic E-state index is 13.7. The van der Waals surface area contributed by atoms with E-state index in [1.165, 1.54) is 24.0 Å². The van der Waals surface area contributed by atoms with Crippen molar-refractivity contribution >= 4 is 5.91 Å². The first-order chi connectivity index (χ1) is 13.2. The van der Waals surface area contributed by atoms with Crippen LogP contribution in [0.4, 0.5) is 0 Å². The van der Waals surface area contributed by atoms with Crippen molar-refractivity contribution in [2.24, 2.45) is 0 Å². The molecule has 2 aromatic carbocycles. The topological polar surface area (TPSA) is 23.6 Å². The van der Waals surface area contributed by atoms with Gasteiger partial charge in [0.05, 0.1) is 11.5 Å². The van der Waals surface area contributed by atoms with Crippen molar-refractivity contribution in [3.05, 3.63) is 71.8 Å². The summed E-state index contributed by atoms with van der Waals surface area (Å²) in [4.78, 5) is 18.3. The molecule has 1 atom stereocenters. The van der Waals surface area contributed by atoms with Crippen LogP contribution in [-0.4, -0.2) is 42.4 Å². The highest BCUT2D eigenvalue weighted by atomic mass is 16.2. The number of carbonyl (C=O) groups is 1. The number of hydrogen-bond acceptors (Lipinski definition) is 2. The zero-order valence-electron chi connectivity index (χ0n) is 16.3. The fourth-order valence-electron chi connectivity index (χ4n) is 4.73. The SMILES string of the molecule is CN(C(=O)C1(c2ccccc2)CCC1)C(CN1CCCC1)c1ccccc1. The van der Waals surface area contributed by atoms with Crippen molar-refractivity contribution in [2.75, 3.05) is 26.7 Å². The Labute approximate surface area is 163 Å². The van der Waals surface area contributed by atoms with Gasteiger partial charge in [0.15, 0.2) is 0 Å². The fraction of sp³-hybridized carbons (Fsp3) is 0.458. The minimum atomic E-state index is -0.325. The van der Waals surface area contributed by atoms with Crippen molar-refractivity contribution in [2.45, 2.75) is 43.6 Å². The smallest absolute Gasteiger partial charge is 0.233 e. The molecule has 4 rings (SSSR count). The van der Waals surface area contributed by atoms with Crippen molar-refractivity contribution in [3.63, 3.8) is 0 Å². The lowest BCUT2D eigenvalue weighted by Gasteiger charge is -2.45. The first-order valence-corrected chi connectivity index (χ1v) is 10.3. The van der Waals surface area contributed by atoms with Crippen molar-refractivity contribution in [3.8, 4) is 0 Å². The molecule has 2 aromatic rings. The van der Waals surface area contributed by atoms with Gasteiger partial charge >= 0.3 is 0 Å². The van der Waals surface area contributed by atoms with Crippen molar-refractivity contribution < 1.29 is 4.79 Å². The van der Waals surface area contributed by atoms with Crippen LogP contribution in [0.25, 0.3) is 0 Å². The Morgan fingerprint density at radius 2 is 1.56 bits per heavy atom. The van der Waals surface area contributed by atoms with Crippen LogP contribution >= 0.6 is 0 Å². The van der Waals surface area contributed by atoms with Gasteiger partial charge in [-0.1, -0.05) is 67.1 Å². The van der Waals surface area contributed by atoms with E-state index in [1.54, 1.807) is 0 Å². The number of carbonyl (C=O) groups excluding carboxylic acids is 1. The molecule has 3 heteroatoms. The normalized spacial score (nSPS) is 20.0. The average Bonchev–Trinajstić information content (AvgIpc) is 3.19. The number of nitrogens with zero attached hydrogens (tertiary/aromatic N) is 2. The van der Waals surface area contributed by atoms with Crippen LogP contribution in [0.15, 0.2) is 60.7 Å². The van der Waals surface area contributed by atoms with Gasteiger partial charge in [-0.15, -0.1) is 0 Å². The van der Waals surface area contributed by atoms with Gasteiger partial charge in [0.1, 0.15) is 0 Å². The molecule has 0 spiro atoms. The summed E-state index contributed by atoms with van der Waals surface area (Å²) in [5.41, 5.74) is 2.09. The number of rotatable bonds is 6. The quantitative estimate of drug-likeness (QED) is 0.760. The lowest BCUT2D eigenvalue weighted by Crippen LogP contribution is -2.52. The second kappa shape index (κ2) is 7.85. The molecule has 1 amide bonds. The first-order valence-electron chi connectivity index (χ1n) is 10.3. The number of likely N-dealkylation sites (N-methyl/N-ethyl adjacent to an activating group) is 1. The minimum Gasteiger partial charge on any atom is -0.337 e. The summed E-state index contributed by atoms with van der Waals surface area (Å²) in [6, 6.07) is 21.1. The van der Waals surface area contributed by atoms with Crippen LogP contribution < -0.4 is 0 Å². The summed E-state index contributed by atoms with van der Waals surface area (Å²) in [7, 11) is 2.01. The van der Waals surface area contributed by atoms with E-state index in [-0.39, 0.29) is 17.4 Å². The molecular formula is C24H30N2O. The molecular weight excluding hydrogens is 332 g/mol. The molecule has 142 valence electrons. The van der Waals surface area contributed by atoms with Gasteiger partial charge in [-0.25, -0.2) is 0 Å². The molecule has 0 N–H and O–H groups in total. The molecule has 1 saturated heterocycles. The van der Waals surface area contributed by atoms with Gasteiger partial charge in [-0.05, 0) is 49.9 Å². The third kappa shape index (κ3) is 3.53. The lowest BCUT2D eigenvalue weighted by atomic mass is 9.63. The number of likely N-dealkylation sites (tertiary alicyclic amines) is 1. The Kier molecular flexibility index (Phi) is 5.31. The largest absolute Gasteiger partial charge is 0.337 e. The van der Waals surface area contributed by atoms with E-state index < -0.39 is 0 Å². The van der Waals surface area contributed by atoms with Gasteiger partial charge < -0.3 is 9.80 Å². The van der Waals surface area contributed by atoms with Crippen LogP contribution in [0.1, 0.15) is 49.3 Å². The predicted molar refractivity (Wildman–Crippen MR) is 110 cm³/mol. The molecule has 0 aromatic heterocycles. The van der Waals surface area contributed by atoms with E-state index >= 15 is 0 Å². The molecule has 0 bridgehead atoms. The fourth-order valence-corrected chi connectivity index (χ4v) is 4.73. The van der Waals surface area contributed by atoms with E-state index in [1.807, 2.05) is 18.0 Å². The summed E-state index contributed by atoms with van der Waals surface area (Å²) >= 11 is 0. The molecule has 1 saturated carbocycles. The molecule has 2 fully saturated rings. The van der Waals surface area contributed by atoms with Gasteiger partial charge in [-0.3, -0.25) is 4.79 Å². The standard InChI is InChI=1S/C24H30N2O/c1-25(23(27)24(15-10-16-24)21-13-6-3-7-14-21)22(19-26-17-8-9-18-26)20-11-4-2-5-12-20/h2-7,11-14,22H,8-10,15-19H2,1H3. The molecule has 1 heterocycles. The van der Waals surface area contributed by atoms with Gasteiger partial charge in [0.2, 0.25) is 5.91 Å². The predicted octanol–water partition coefficient (Wildman–Crippen LogP) is 4.40. The maximum absolute atomic E-state index is 13.7. The Hall–Kier alpha value is -2.13. The highest BCUT2D eigenvalue weighted by Gasteiger charge is 2.48. The van der Waals surface area contributed by atoms with Crippen molar-refractivity contribution in [1.82, 2.24) is 9.80 Å². The number of benzene rings is 2. The van der Waals surface area contributed by atoms with E-state index in [0.717, 1.165) is 38.9 Å². The summed E-state index contributed by atoms with van der Waals surface area (Å²) < 4.78 is 0. The summed E-state index contributed by atoms with van der Waals surface area (Å²) in [6.07, 6.45) is 5.60. The number of amides is 1. The zero-order valence-corrected chi connectivity index (χ0v) is 16.3. The molecule has 0 radical (unpaired) electrons.